The van der Waals surface area contributed by atoms with E-state index >= 15 is 0 Å². The van der Waals surface area contributed by atoms with Gasteiger partial charge in [0.15, 0.2) is 0 Å². The molecule has 0 saturated heterocycles. The van der Waals surface area contributed by atoms with E-state index in [1.807, 2.05) is 26.8 Å². The van der Waals surface area contributed by atoms with Crippen molar-refractivity contribution in [3.63, 3.8) is 0 Å². The van der Waals surface area contributed by atoms with Crippen molar-refractivity contribution < 1.29 is 9.90 Å². The fourth-order valence-electron chi connectivity index (χ4n) is 1.45. The highest BCUT2D eigenvalue weighted by Crippen LogP contribution is 2.20. The van der Waals surface area contributed by atoms with Gasteiger partial charge in [-0.1, -0.05) is 12.1 Å². The van der Waals surface area contributed by atoms with Crippen molar-refractivity contribution in [1.82, 2.24) is 5.32 Å². The highest BCUT2D eigenvalue weighted by Gasteiger charge is 2.19. The zero-order chi connectivity index (χ0) is 13.3. The van der Waals surface area contributed by atoms with Crippen LogP contribution in [0.5, 0.6) is 0 Å². The summed E-state index contributed by atoms with van der Waals surface area (Å²) in [6.07, 6.45) is 0. The molecular formula is C14H21NO2. The number of carbonyl (C=O) groups is 1. The summed E-state index contributed by atoms with van der Waals surface area (Å²) in [7, 11) is 0. The molecule has 17 heavy (non-hydrogen) atoms. The van der Waals surface area contributed by atoms with Crippen molar-refractivity contribution in [2.45, 2.75) is 45.8 Å². The van der Waals surface area contributed by atoms with Gasteiger partial charge in [0.25, 0.3) is 5.91 Å². The van der Waals surface area contributed by atoms with Crippen LogP contribution >= 0.6 is 0 Å². The van der Waals surface area contributed by atoms with Gasteiger partial charge < -0.3 is 10.4 Å². The molecule has 3 heteroatoms. The Kier molecular flexibility index (Phi) is 3.62. The molecule has 1 aromatic carbocycles. The monoisotopic (exact) mass is 235 g/mol. The molecule has 94 valence electrons. The highest BCUT2D eigenvalue weighted by molar-refractivity contribution is 5.94. The van der Waals surface area contributed by atoms with Gasteiger partial charge in [0, 0.05) is 11.1 Å². The average Bonchev–Trinajstić information content (AvgIpc) is 2.14. The summed E-state index contributed by atoms with van der Waals surface area (Å²) in [5.74, 6) is -0.122. The lowest BCUT2D eigenvalue weighted by atomic mass is 9.96. The predicted octanol–water partition coefficient (Wildman–Crippen LogP) is 2.44. The second kappa shape index (κ2) is 4.49. The number of aliphatic hydroxyl groups is 1. The maximum absolute atomic E-state index is 11.9. The molecule has 0 aromatic heterocycles. The van der Waals surface area contributed by atoms with Gasteiger partial charge in [0.2, 0.25) is 0 Å². The first-order valence-corrected chi connectivity index (χ1v) is 5.75. The minimum Gasteiger partial charge on any atom is -0.386 e. The zero-order valence-electron chi connectivity index (χ0n) is 11.2. The van der Waals surface area contributed by atoms with E-state index in [4.69, 9.17) is 0 Å². The van der Waals surface area contributed by atoms with Gasteiger partial charge in [-0.25, -0.2) is 0 Å². The van der Waals surface area contributed by atoms with Crippen molar-refractivity contribution in [3.8, 4) is 0 Å². The molecule has 0 spiro atoms. The van der Waals surface area contributed by atoms with Crippen LogP contribution in [0.4, 0.5) is 0 Å². The number of hydrogen-bond acceptors (Lipinski definition) is 2. The van der Waals surface area contributed by atoms with E-state index in [-0.39, 0.29) is 11.4 Å². The second-order valence-corrected chi connectivity index (χ2v) is 5.84. The third kappa shape index (κ3) is 4.19. The topological polar surface area (TPSA) is 49.3 Å². The fraction of sp³-hybridized carbons (Fsp3) is 0.500. The molecular weight excluding hydrogens is 214 g/mol. The molecule has 0 atom stereocenters. The molecule has 0 aliphatic rings. The highest BCUT2D eigenvalue weighted by atomic mass is 16.3. The summed E-state index contributed by atoms with van der Waals surface area (Å²) in [4.78, 5) is 11.9. The largest absolute Gasteiger partial charge is 0.386 e. The maximum Gasteiger partial charge on any atom is 0.251 e. The smallest absolute Gasteiger partial charge is 0.251 e. The van der Waals surface area contributed by atoms with Crippen LogP contribution in [-0.4, -0.2) is 16.6 Å². The number of carbonyl (C=O) groups excluding carboxylic acids is 1. The molecule has 0 aliphatic carbocycles. The molecule has 0 unspecified atom stereocenters. The molecule has 1 amide bonds. The molecule has 0 bridgehead atoms. The maximum atomic E-state index is 11.9. The number of rotatable bonds is 2. The van der Waals surface area contributed by atoms with Crippen LogP contribution in [0.2, 0.25) is 0 Å². The summed E-state index contributed by atoms with van der Waals surface area (Å²) in [5.41, 5.74) is 0.110. The van der Waals surface area contributed by atoms with Crippen LogP contribution in [0.15, 0.2) is 24.3 Å². The van der Waals surface area contributed by atoms with E-state index in [0.29, 0.717) is 5.56 Å². The first-order valence-electron chi connectivity index (χ1n) is 5.75. The van der Waals surface area contributed by atoms with Gasteiger partial charge in [0.05, 0.1) is 5.60 Å². The van der Waals surface area contributed by atoms with E-state index in [1.165, 1.54) is 0 Å². The molecule has 0 heterocycles. The lowest BCUT2D eigenvalue weighted by Crippen LogP contribution is -2.40. The van der Waals surface area contributed by atoms with E-state index in [1.54, 1.807) is 32.0 Å². The second-order valence-electron chi connectivity index (χ2n) is 5.84. The third-order valence-electron chi connectivity index (χ3n) is 2.32. The summed E-state index contributed by atoms with van der Waals surface area (Å²) in [5, 5.41) is 12.8. The van der Waals surface area contributed by atoms with Crippen LogP contribution < -0.4 is 5.32 Å². The van der Waals surface area contributed by atoms with Crippen molar-refractivity contribution in [2.24, 2.45) is 0 Å². The van der Waals surface area contributed by atoms with Crippen molar-refractivity contribution >= 4 is 5.91 Å². The Morgan fingerprint density at radius 2 is 1.76 bits per heavy atom. The Bertz CT molecular complexity index is 411. The van der Waals surface area contributed by atoms with Gasteiger partial charge in [-0.15, -0.1) is 0 Å². The van der Waals surface area contributed by atoms with Gasteiger partial charge >= 0.3 is 0 Å². The molecule has 3 nitrogen and oxygen atoms in total. The minimum absolute atomic E-state index is 0.122. The molecule has 1 aromatic rings. The Labute approximate surface area is 103 Å². The van der Waals surface area contributed by atoms with Crippen molar-refractivity contribution in [3.05, 3.63) is 35.4 Å². The summed E-state index contributed by atoms with van der Waals surface area (Å²) in [6.45, 7) is 9.21. The molecule has 0 aliphatic heterocycles. The van der Waals surface area contributed by atoms with Crippen LogP contribution in [0.1, 0.15) is 50.5 Å². The molecule has 0 radical (unpaired) electrons. The van der Waals surface area contributed by atoms with Crippen LogP contribution in [0.3, 0.4) is 0 Å². The van der Waals surface area contributed by atoms with E-state index in [2.05, 4.69) is 5.32 Å². The van der Waals surface area contributed by atoms with Gasteiger partial charge in [-0.3, -0.25) is 4.79 Å². The lowest BCUT2D eigenvalue weighted by Gasteiger charge is -2.22. The van der Waals surface area contributed by atoms with E-state index in [0.717, 1.165) is 5.56 Å². The number of benzene rings is 1. The summed E-state index contributed by atoms with van der Waals surface area (Å²) < 4.78 is 0. The van der Waals surface area contributed by atoms with Crippen LogP contribution in [0, 0.1) is 0 Å². The van der Waals surface area contributed by atoms with Gasteiger partial charge in [0.1, 0.15) is 0 Å². The van der Waals surface area contributed by atoms with Crippen LogP contribution in [-0.2, 0) is 5.60 Å². The molecule has 0 fully saturated rings. The van der Waals surface area contributed by atoms with Gasteiger partial charge in [-0.2, -0.15) is 0 Å². The third-order valence-corrected chi connectivity index (χ3v) is 2.32. The Balaban J connectivity index is 2.97. The number of nitrogens with one attached hydrogen (secondary N) is 1. The first-order chi connectivity index (χ1) is 7.59. The molecule has 2 N–H and O–H groups in total. The number of amides is 1. The molecule has 1 rings (SSSR count). The lowest BCUT2D eigenvalue weighted by molar-refractivity contribution is 0.0784. The first kappa shape index (κ1) is 13.7. The normalized spacial score (nSPS) is 12.4. The summed E-state index contributed by atoms with van der Waals surface area (Å²) >= 11 is 0. The Hall–Kier alpha value is -1.35. The molecule has 0 saturated carbocycles. The van der Waals surface area contributed by atoms with E-state index in [9.17, 15) is 9.90 Å². The van der Waals surface area contributed by atoms with Crippen molar-refractivity contribution in [2.75, 3.05) is 0 Å². The average molecular weight is 235 g/mol. The van der Waals surface area contributed by atoms with E-state index < -0.39 is 5.60 Å². The zero-order valence-corrected chi connectivity index (χ0v) is 11.2. The quantitative estimate of drug-likeness (QED) is 0.827. The van der Waals surface area contributed by atoms with Gasteiger partial charge in [-0.05, 0) is 52.3 Å². The summed E-state index contributed by atoms with van der Waals surface area (Å²) in [6, 6.07) is 7.07. The Morgan fingerprint density at radius 3 is 2.24 bits per heavy atom. The van der Waals surface area contributed by atoms with Crippen molar-refractivity contribution in [1.29, 1.82) is 0 Å². The predicted molar refractivity (Wildman–Crippen MR) is 68.9 cm³/mol. The standard InChI is InChI=1S/C14H21NO2/c1-13(2,3)15-12(16)10-7-6-8-11(9-10)14(4,5)17/h6-9,17H,1-5H3,(H,15,16). The Morgan fingerprint density at radius 1 is 1.18 bits per heavy atom. The number of hydrogen-bond donors (Lipinski definition) is 2. The van der Waals surface area contributed by atoms with Crippen LogP contribution in [0.25, 0.3) is 0 Å². The minimum atomic E-state index is -0.933. The fourth-order valence-corrected chi connectivity index (χ4v) is 1.45. The SMILES string of the molecule is CC(C)(C)NC(=O)c1cccc(C(C)(C)O)c1.